The maximum absolute atomic E-state index is 15.2. The first-order chi connectivity index (χ1) is 23.9. The molecular formula is C39H40F2N4O4S. The molecule has 260 valence electrons. The van der Waals surface area contributed by atoms with Crippen molar-refractivity contribution in [2.24, 2.45) is 5.41 Å². The highest BCUT2D eigenvalue weighted by atomic mass is 32.1. The molecule has 2 atom stereocenters. The monoisotopic (exact) mass is 698 g/mol. The van der Waals surface area contributed by atoms with E-state index in [-0.39, 0.29) is 28.3 Å². The lowest BCUT2D eigenvalue weighted by molar-refractivity contribution is 0.0697. The molecule has 1 unspecified atom stereocenters. The van der Waals surface area contributed by atoms with Gasteiger partial charge in [0.15, 0.2) is 6.23 Å². The van der Waals surface area contributed by atoms with Crippen molar-refractivity contribution in [2.45, 2.75) is 52.4 Å². The van der Waals surface area contributed by atoms with Gasteiger partial charge in [-0.25, -0.2) is 18.6 Å². The minimum Gasteiger partial charge on any atom is -0.478 e. The van der Waals surface area contributed by atoms with E-state index in [9.17, 15) is 15.0 Å². The van der Waals surface area contributed by atoms with Gasteiger partial charge < -0.3 is 24.8 Å². The van der Waals surface area contributed by atoms with Crippen LogP contribution in [0.15, 0.2) is 77.9 Å². The number of hydrogen-bond donors (Lipinski definition) is 3. The number of fused-ring (bicyclic) bond motifs is 1. The first-order valence-corrected chi connectivity index (χ1v) is 17.7. The van der Waals surface area contributed by atoms with E-state index in [0.717, 1.165) is 53.9 Å². The molecule has 0 radical (unpaired) electrons. The van der Waals surface area contributed by atoms with Gasteiger partial charge in [-0.15, -0.1) is 11.3 Å². The number of aliphatic hydroxyl groups is 1. The van der Waals surface area contributed by atoms with Crippen LogP contribution in [0.25, 0.3) is 27.7 Å². The molecule has 0 bridgehead atoms. The Hall–Kier alpha value is -4.58. The van der Waals surface area contributed by atoms with Crippen molar-refractivity contribution in [3.63, 3.8) is 0 Å². The Morgan fingerprint density at radius 1 is 1.12 bits per heavy atom. The van der Waals surface area contributed by atoms with Crippen LogP contribution in [0, 0.1) is 17.0 Å². The first-order valence-electron chi connectivity index (χ1n) is 16.8. The van der Waals surface area contributed by atoms with Gasteiger partial charge in [-0.3, -0.25) is 4.90 Å². The van der Waals surface area contributed by atoms with Crippen LogP contribution in [0.1, 0.15) is 66.9 Å². The van der Waals surface area contributed by atoms with E-state index in [4.69, 9.17) is 4.74 Å². The summed E-state index contributed by atoms with van der Waals surface area (Å²) in [6.45, 7) is 8.76. The highest BCUT2D eigenvalue weighted by Gasteiger charge is 2.33. The molecule has 11 heteroatoms. The van der Waals surface area contributed by atoms with E-state index < -0.39 is 23.7 Å². The van der Waals surface area contributed by atoms with Crippen molar-refractivity contribution >= 4 is 39.6 Å². The number of thiophene rings is 1. The number of pyridine rings is 1. The zero-order valence-corrected chi connectivity index (χ0v) is 29.1. The number of aromatic amines is 1. The minimum absolute atomic E-state index is 0.0751. The molecule has 2 aromatic carbocycles. The summed E-state index contributed by atoms with van der Waals surface area (Å²) in [6, 6.07) is 15.1. The maximum Gasteiger partial charge on any atom is 0.335 e. The van der Waals surface area contributed by atoms with Crippen LogP contribution in [-0.2, 0) is 0 Å². The van der Waals surface area contributed by atoms with E-state index in [1.54, 1.807) is 18.3 Å². The van der Waals surface area contributed by atoms with Crippen molar-refractivity contribution in [1.29, 1.82) is 0 Å². The molecule has 50 heavy (non-hydrogen) atoms. The Bertz CT molecular complexity index is 2050. The minimum atomic E-state index is -0.970. The number of hydrogen-bond acceptors (Lipinski definition) is 7. The fourth-order valence-electron chi connectivity index (χ4n) is 7.05. The summed E-state index contributed by atoms with van der Waals surface area (Å²) in [5.74, 6) is -1.70. The lowest BCUT2D eigenvalue weighted by Crippen LogP contribution is -2.56. The van der Waals surface area contributed by atoms with Crippen LogP contribution >= 0.6 is 11.3 Å². The molecule has 8 nitrogen and oxygen atoms in total. The van der Waals surface area contributed by atoms with Crippen LogP contribution in [0.2, 0.25) is 0 Å². The molecule has 1 aliphatic carbocycles. The largest absolute Gasteiger partial charge is 0.478 e. The Labute approximate surface area is 293 Å². The number of aliphatic hydroxyl groups excluding tert-OH is 1. The molecule has 1 aliphatic heterocycles. The van der Waals surface area contributed by atoms with Crippen molar-refractivity contribution in [3.8, 4) is 16.9 Å². The van der Waals surface area contributed by atoms with Gasteiger partial charge >= 0.3 is 5.97 Å². The van der Waals surface area contributed by atoms with Gasteiger partial charge in [-0.05, 0) is 108 Å². The van der Waals surface area contributed by atoms with E-state index in [1.165, 1.54) is 41.5 Å². The van der Waals surface area contributed by atoms with Crippen LogP contribution in [0.3, 0.4) is 0 Å². The average Bonchev–Trinajstić information content (AvgIpc) is 3.75. The van der Waals surface area contributed by atoms with Crippen LogP contribution in [-0.4, -0.2) is 63.5 Å². The number of aromatic nitrogens is 2. The third-order valence-corrected chi connectivity index (χ3v) is 10.8. The van der Waals surface area contributed by atoms with Crippen molar-refractivity contribution < 1.29 is 28.5 Å². The third kappa shape index (κ3) is 7.03. The summed E-state index contributed by atoms with van der Waals surface area (Å²) < 4.78 is 37.0. The molecule has 2 aliphatic rings. The summed E-state index contributed by atoms with van der Waals surface area (Å²) in [7, 11) is 0. The number of H-pyrrole nitrogens is 1. The number of carbonyl (C=O) groups is 1. The number of carboxylic acid groups (broad SMARTS) is 1. The Morgan fingerprint density at radius 3 is 2.60 bits per heavy atom. The van der Waals surface area contributed by atoms with Crippen molar-refractivity contribution in [1.82, 2.24) is 14.9 Å². The number of nitrogens with one attached hydrogen (secondary N) is 1. The molecular weight excluding hydrogens is 659 g/mol. The van der Waals surface area contributed by atoms with Gasteiger partial charge in [0.2, 0.25) is 0 Å². The van der Waals surface area contributed by atoms with Crippen LogP contribution in [0.5, 0.6) is 5.75 Å². The molecule has 7 rings (SSSR count). The fourth-order valence-corrected chi connectivity index (χ4v) is 8.05. The second-order valence-corrected chi connectivity index (χ2v) is 15.0. The Morgan fingerprint density at radius 2 is 1.88 bits per heavy atom. The van der Waals surface area contributed by atoms with E-state index >= 15 is 8.78 Å². The third-order valence-electron chi connectivity index (χ3n) is 9.84. The number of rotatable bonds is 9. The van der Waals surface area contributed by atoms with E-state index in [1.807, 2.05) is 41.9 Å². The molecule has 1 saturated heterocycles. The molecule has 0 saturated carbocycles. The Balaban J connectivity index is 1.17. The summed E-state index contributed by atoms with van der Waals surface area (Å²) in [4.78, 5) is 24.7. The summed E-state index contributed by atoms with van der Waals surface area (Å²) in [5, 5.41) is 22.1. The number of anilines is 1. The number of piperazine rings is 1. The highest BCUT2D eigenvalue weighted by molar-refractivity contribution is 7.11. The molecule has 4 heterocycles. The quantitative estimate of drug-likeness (QED) is 0.142. The summed E-state index contributed by atoms with van der Waals surface area (Å²) in [6.07, 6.45) is 5.02. The summed E-state index contributed by atoms with van der Waals surface area (Å²) >= 11 is 1.51. The number of ether oxygens (including phenoxy) is 1. The number of carboxylic acids is 1. The number of aromatic carboxylic acids is 1. The lowest BCUT2D eigenvalue weighted by Gasteiger charge is -2.43. The van der Waals surface area contributed by atoms with Crippen molar-refractivity contribution in [3.05, 3.63) is 106 Å². The van der Waals surface area contributed by atoms with Gasteiger partial charge in [-0.2, -0.15) is 0 Å². The predicted molar refractivity (Wildman–Crippen MR) is 193 cm³/mol. The second-order valence-electron chi connectivity index (χ2n) is 14.1. The van der Waals surface area contributed by atoms with Gasteiger partial charge in [0.1, 0.15) is 23.0 Å². The SMILES string of the molecule is CC(O)c1cc(F)c(-c2csc(C3=C(CN4CCN(c5ccc(C(=O)O)cc5)[C@H](Oc5cnc6[nH]ccc6c5)C4)CCC(C)(C)C3)c2)c(F)c1. The molecule has 3 N–H and O–H groups in total. The molecule has 3 aromatic heterocycles. The molecule has 1 fully saturated rings. The normalized spacial score (nSPS) is 18.8. The van der Waals surface area contributed by atoms with Crippen LogP contribution < -0.4 is 9.64 Å². The van der Waals surface area contributed by atoms with Crippen LogP contribution in [0.4, 0.5) is 14.5 Å². The number of allylic oxidation sites excluding steroid dienone is 1. The number of nitrogens with zero attached hydrogens (tertiary/aromatic N) is 3. The maximum atomic E-state index is 15.2. The molecule has 0 spiro atoms. The summed E-state index contributed by atoms with van der Waals surface area (Å²) in [5.41, 5.74) is 5.13. The predicted octanol–water partition coefficient (Wildman–Crippen LogP) is 8.51. The van der Waals surface area contributed by atoms with Gasteiger partial charge in [-0.1, -0.05) is 19.4 Å². The van der Waals surface area contributed by atoms with Gasteiger partial charge in [0.25, 0.3) is 0 Å². The van der Waals surface area contributed by atoms with Gasteiger partial charge in [0, 0.05) is 41.8 Å². The van der Waals surface area contributed by atoms with E-state index in [0.29, 0.717) is 24.4 Å². The zero-order chi connectivity index (χ0) is 35.2. The first kappa shape index (κ1) is 33.9. The number of halogens is 2. The Kier molecular flexibility index (Phi) is 9.23. The standard InChI is InChI=1S/C39H40F2N4O4S/c1-23(46)27-15-32(40)36(33(41)16-27)28-17-34(50-22-28)31-18-39(2,3)10-8-26(31)20-44-12-13-45(29-6-4-24(5-7-29)38(47)48)35(21-44)49-30-14-25-9-11-42-37(25)43-19-30/h4-7,9,11,14-17,19,22-23,35,46H,8,10,12-13,18,20-21H2,1-3H3,(H,42,43)(H,47,48)/t23?,35-/m1/s1. The fraction of sp³-hybridized carbons (Fsp3) is 0.333. The zero-order valence-electron chi connectivity index (χ0n) is 28.2. The van der Waals surface area contributed by atoms with Crippen molar-refractivity contribution in [2.75, 3.05) is 31.1 Å². The topological polar surface area (TPSA) is 102 Å². The van der Waals surface area contributed by atoms with E-state index in [2.05, 4.69) is 33.6 Å². The highest BCUT2D eigenvalue weighted by Crippen LogP contribution is 2.46. The second kappa shape index (κ2) is 13.6. The number of benzene rings is 2. The van der Waals surface area contributed by atoms with Gasteiger partial charge in [0.05, 0.1) is 30.0 Å². The molecule has 0 amide bonds. The average molecular weight is 699 g/mol. The molecule has 5 aromatic rings. The lowest BCUT2D eigenvalue weighted by atomic mass is 9.73. The smallest absolute Gasteiger partial charge is 0.335 e.